The molecule has 0 aromatic heterocycles. The number of carbonyl (C=O) groups excluding carboxylic acids is 3. The molecule has 6 atom stereocenters. The zero-order chi connectivity index (χ0) is 28.9. The third kappa shape index (κ3) is 10.7. The Labute approximate surface area is 223 Å². The standard InChI is InChI=1S/C25H45NO12/c1-16(2)24(3,4)14-25(37-15-28)12-17(29)21(23(38-25)22(33)18(30)13-27)26-19(31)6-7-20(32)36-11-10-35-9-8-34-5/h15-18,21-23,27,29-30,33H,6-14H2,1-5H3,(H,26,31). The van der Waals surface area contributed by atoms with E-state index in [1.165, 1.54) is 7.11 Å². The summed E-state index contributed by atoms with van der Waals surface area (Å²) in [5.74, 6) is -2.81. The lowest BCUT2D eigenvalue weighted by Gasteiger charge is -2.50. The number of aliphatic hydroxyl groups is 4. The number of methoxy groups -OCH3 is 1. The van der Waals surface area contributed by atoms with Crippen LogP contribution < -0.4 is 5.32 Å². The van der Waals surface area contributed by atoms with Crippen molar-refractivity contribution in [1.29, 1.82) is 0 Å². The summed E-state index contributed by atoms with van der Waals surface area (Å²) in [7, 11) is 1.54. The van der Waals surface area contributed by atoms with Crippen LogP contribution in [0.1, 0.15) is 53.4 Å². The zero-order valence-corrected chi connectivity index (χ0v) is 23.0. The maximum atomic E-state index is 12.6. The van der Waals surface area contributed by atoms with Crippen LogP contribution in [0.25, 0.3) is 0 Å². The first kappa shape index (κ1) is 34.2. The third-order valence-corrected chi connectivity index (χ3v) is 6.91. The fourth-order valence-corrected chi connectivity index (χ4v) is 4.04. The molecule has 0 radical (unpaired) electrons. The van der Waals surface area contributed by atoms with Gasteiger partial charge in [0.15, 0.2) is 0 Å². The number of ether oxygens (including phenoxy) is 5. The van der Waals surface area contributed by atoms with E-state index in [1.54, 1.807) is 0 Å². The van der Waals surface area contributed by atoms with E-state index < -0.39 is 60.1 Å². The van der Waals surface area contributed by atoms with Gasteiger partial charge in [-0.25, -0.2) is 0 Å². The lowest BCUT2D eigenvalue weighted by atomic mass is 9.73. The Morgan fingerprint density at radius 1 is 1.16 bits per heavy atom. The van der Waals surface area contributed by atoms with Crippen molar-refractivity contribution >= 4 is 18.3 Å². The van der Waals surface area contributed by atoms with Crippen LogP contribution in [0, 0.1) is 11.3 Å². The van der Waals surface area contributed by atoms with Crippen molar-refractivity contribution in [2.45, 2.75) is 89.6 Å². The lowest BCUT2D eigenvalue weighted by Crippen LogP contribution is -2.66. The second kappa shape index (κ2) is 16.3. The number of esters is 1. The van der Waals surface area contributed by atoms with Crippen LogP contribution in [0.2, 0.25) is 0 Å². The Morgan fingerprint density at radius 2 is 1.82 bits per heavy atom. The highest BCUT2D eigenvalue weighted by Gasteiger charge is 2.54. The first-order valence-electron chi connectivity index (χ1n) is 12.8. The molecule has 13 heteroatoms. The first-order chi connectivity index (χ1) is 17.8. The molecular formula is C25H45NO12. The number of amides is 1. The Kier molecular flexibility index (Phi) is 14.6. The number of hydrogen-bond donors (Lipinski definition) is 5. The van der Waals surface area contributed by atoms with Gasteiger partial charge in [0.2, 0.25) is 11.7 Å². The highest BCUT2D eigenvalue weighted by Crippen LogP contribution is 2.43. The summed E-state index contributed by atoms with van der Waals surface area (Å²) in [4.78, 5) is 35.9. The quantitative estimate of drug-likeness (QED) is 0.0816. The largest absolute Gasteiger partial charge is 0.463 e. The van der Waals surface area contributed by atoms with Crippen LogP contribution in [0.3, 0.4) is 0 Å². The fourth-order valence-electron chi connectivity index (χ4n) is 4.04. The minimum Gasteiger partial charge on any atom is -0.463 e. The SMILES string of the molecule is COCCOCCOC(=O)CCC(=O)NC1C(O)CC(CC(C)(C)C(C)C)(OC=O)OC1C(O)C(O)CO. The molecule has 0 spiro atoms. The molecule has 38 heavy (non-hydrogen) atoms. The molecule has 0 aromatic rings. The van der Waals surface area contributed by atoms with Gasteiger partial charge in [0.25, 0.3) is 6.47 Å². The highest BCUT2D eigenvalue weighted by molar-refractivity contribution is 5.81. The van der Waals surface area contributed by atoms with E-state index in [-0.39, 0.29) is 51.3 Å². The Hall–Kier alpha value is -1.87. The normalized spacial score (nSPS) is 25.5. The molecule has 0 saturated carbocycles. The van der Waals surface area contributed by atoms with Crippen molar-refractivity contribution in [1.82, 2.24) is 5.32 Å². The van der Waals surface area contributed by atoms with Crippen LogP contribution in [0.5, 0.6) is 0 Å². The van der Waals surface area contributed by atoms with E-state index in [0.717, 1.165) is 0 Å². The molecule has 6 unspecified atom stereocenters. The minimum absolute atomic E-state index is 0.0121. The predicted molar refractivity (Wildman–Crippen MR) is 133 cm³/mol. The van der Waals surface area contributed by atoms with Crippen molar-refractivity contribution in [3.63, 3.8) is 0 Å². The molecule has 1 saturated heterocycles. The van der Waals surface area contributed by atoms with Gasteiger partial charge in [-0.2, -0.15) is 0 Å². The smallest absolute Gasteiger partial charge is 0.306 e. The molecule has 1 rings (SSSR count). The van der Waals surface area contributed by atoms with Gasteiger partial charge in [0.1, 0.15) is 24.9 Å². The Morgan fingerprint density at radius 3 is 2.39 bits per heavy atom. The summed E-state index contributed by atoms with van der Waals surface area (Å²) >= 11 is 0. The molecule has 5 N–H and O–H groups in total. The van der Waals surface area contributed by atoms with Crippen LogP contribution in [0.15, 0.2) is 0 Å². The molecule has 222 valence electrons. The maximum Gasteiger partial charge on any atom is 0.306 e. The van der Waals surface area contributed by atoms with Gasteiger partial charge in [-0.05, 0) is 11.3 Å². The molecule has 0 aliphatic carbocycles. The van der Waals surface area contributed by atoms with Crippen molar-refractivity contribution in [2.24, 2.45) is 11.3 Å². The van der Waals surface area contributed by atoms with Gasteiger partial charge >= 0.3 is 5.97 Å². The van der Waals surface area contributed by atoms with Gasteiger partial charge in [-0.1, -0.05) is 27.7 Å². The van der Waals surface area contributed by atoms with Gasteiger partial charge < -0.3 is 49.4 Å². The van der Waals surface area contributed by atoms with Gasteiger partial charge in [0.05, 0.1) is 45.0 Å². The molecule has 1 aliphatic rings. The van der Waals surface area contributed by atoms with Crippen LogP contribution >= 0.6 is 0 Å². The topological polar surface area (TPSA) is 190 Å². The number of aliphatic hydroxyl groups excluding tert-OH is 4. The molecule has 1 aliphatic heterocycles. The molecule has 1 amide bonds. The summed E-state index contributed by atoms with van der Waals surface area (Å²) < 4.78 is 26.4. The molecular weight excluding hydrogens is 506 g/mol. The van der Waals surface area contributed by atoms with Crippen LogP contribution in [-0.2, 0) is 38.1 Å². The lowest BCUT2D eigenvalue weighted by molar-refractivity contribution is -0.313. The van der Waals surface area contributed by atoms with Crippen molar-refractivity contribution < 1.29 is 58.5 Å². The average Bonchev–Trinajstić information content (AvgIpc) is 2.85. The summed E-state index contributed by atoms with van der Waals surface area (Å²) in [6, 6.07) is -1.24. The number of carbonyl (C=O) groups is 3. The number of nitrogens with one attached hydrogen (secondary N) is 1. The van der Waals surface area contributed by atoms with E-state index in [4.69, 9.17) is 23.7 Å². The van der Waals surface area contributed by atoms with E-state index in [2.05, 4.69) is 5.32 Å². The molecule has 0 aromatic carbocycles. The summed E-state index contributed by atoms with van der Waals surface area (Å²) in [6.45, 7) is 8.11. The van der Waals surface area contributed by atoms with E-state index in [0.29, 0.717) is 13.2 Å². The minimum atomic E-state index is -1.75. The Bertz CT molecular complexity index is 733. The van der Waals surface area contributed by atoms with Crippen LogP contribution in [0.4, 0.5) is 0 Å². The summed E-state index contributed by atoms with van der Waals surface area (Å²) in [6.07, 6.45) is -6.85. The van der Waals surface area contributed by atoms with E-state index >= 15 is 0 Å². The van der Waals surface area contributed by atoms with Gasteiger partial charge in [-0.3, -0.25) is 14.4 Å². The molecule has 1 heterocycles. The zero-order valence-electron chi connectivity index (χ0n) is 23.0. The maximum absolute atomic E-state index is 12.6. The molecule has 0 bridgehead atoms. The summed E-state index contributed by atoms with van der Waals surface area (Å²) in [5, 5.41) is 43.7. The second-order valence-corrected chi connectivity index (χ2v) is 10.5. The van der Waals surface area contributed by atoms with Crippen LogP contribution in [-0.4, -0.2) is 115 Å². The van der Waals surface area contributed by atoms with Gasteiger partial charge in [0, 0.05) is 26.4 Å². The van der Waals surface area contributed by atoms with Crippen molar-refractivity contribution in [2.75, 3.05) is 40.1 Å². The molecule has 1 fully saturated rings. The number of rotatable bonds is 18. The van der Waals surface area contributed by atoms with Gasteiger partial charge in [-0.15, -0.1) is 0 Å². The predicted octanol–water partition coefficient (Wildman–Crippen LogP) is -0.737. The number of hydrogen-bond acceptors (Lipinski definition) is 12. The van der Waals surface area contributed by atoms with E-state index in [9.17, 15) is 34.8 Å². The monoisotopic (exact) mass is 551 g/mol. The fraction of sp³-hybridized carbons (Fsp3) is 0.880. The first-order valence-corrected chi connectivity index (χ1v) is 12.8. The van der Waals surface area contributed by atoms with E-state index in [1.807, 2.05) is 27.7 Å². The molecule has 13 nitrogen and oxygen atoms in total. The third-order valence-electron chi connectivity index (χ3n) is 6.91. The Balaban J connectivity index is 2.91. The average molecular weight is 552 g/mol. The van der Waals surface area contributed by atoms with Crippen molar-refractivity contribution in [3.8, 4) is 0 Å². The highest BCUT2D eigenvalue weighted by atomic mass is 16.7. The van der Waals surface area contributed by atoms with Crippen molar-refractivity contribution in [3.05, 3.63) is 0 Å². The second-order valence-electron chi connectivity index (χ2n) is 10.5. The summed E-state index contributed by atoms with van der Waals surface area (Å²) in [5.41, 5.74) is -0.431.